The van der Waals surface area contributed by atoms with E-state index in [0.717, 1.165) is 18.4 Å². The molecule has 0 aliphatic carbocycles. The van der Waals surface area contributed by atoms with E-state index in [1.54, 1.807) is 0 Å². The van der Waals surface area contributed by atoms with Gasteiger partial charge in [0.1, 0.15) is 0 Å². The van der Waals surface area contributed by atoms with E-state index in [9.17, 15) is 0 Å². The zero-order valence-corrected chi connectivity index (χ0v) is 10.9. The SMILES string of the molecule is CCC(C)OCc1ccc(C(C)CC)nc1. The van der Waals surface area contributed by atoms with Crippen molar-refractivity contribution in [2.45, 2.75) is 59.2 Å². The van der Waals surface area contributed by atoms with Gasteiger partial charge in [-0.2, -0.15) is 0 Å². The molecule has 90 valence electrons. The fourth-order valence-corrected chi connectivity index (χ4v) is 1.38. The quantitative estimate of drug-likeness (QED) is 0.726. The summed E-state index contributed by atoms with van der Waals surface area (Å²) in [5.41, 5.74) is 2.34. The summed E-state index contributed by atoms with van der Waals surface area (Å²) < 4.78 is 5.66. The minimum atomic E-state index is 0.328. The number of hydrogen-bond acceptors (Lipinski definition) is 2. The number of pyridine rings is 1. The van der Waals surface area contributed by atoms with Crippen LogP contribution in [0.5, 0.6) is 0 Å². The molecule has 2 heteroatoms. The smallest absolute Gasteiger partial charge is 0.0735 e. The molecule has 1 rings (SSSR count). The lowest BCUT2D eigenvalue weighted by Gasteiger charge is -2.11. The Morgan fingerprint density at radius 3 is 2.44 bits per heavy atom. The summed E-state index contributed by atoms with van der Waals surface area (Å²) >= 11 is 0. The third-order valence-electron chi connectivity index (χ3n) is 3.07. The molecule has 0 spiro atoms. The van der Waals surface area contributed by atoms with E-state index in [-0.39, 0.29) is 0 Å². The molecular weight excluding hydrogens is 198 g/mol. The number of hydrogen-bond donors (Lipinski definition) is 0. The zero-order chi connectivity index (χ0) is 12.0. The molecule has 0 aliphatic heterocycles. The van der Waals surface area contributed by atoms with Crippen molar-refractivity contribution in [2.75, 3.05) is 0 Å². The van der Waals surface area contributed by atoms with E-state index in [4.69, 9.17) is 4.74 Å². The van der Waals surface area contributed by atoms with Crippen molar-refractivity contribution in [2.24, 2.45) is 0 Å². The molecular formula is C14H23NO. The molecule has 1 aromatic heterocycles. The zero-order valence-electron chi connectivity index (χ0n) is 10.9. The van der Waals surface area contributed by atoms with Gasteiger partial charge in [-0.1, -0.05) is 26.8 Å². The Morgan fingerprint density at radius 1 is 1.19 bits per heavy atom. The van der Waals surface area contributed by atoms with Crippen molar-refractivity contribution in [3.05, 3.63) is 29.6 Å². The number of rotatable bonds is 6. The molecule has 0 bridgehead atoms. The Balaban J connectivity index is 2.51. The Hall–Kier alpha value is -0.890. The van der Waals surface area contributed by atoms with Gasteiger partial charge in [0.25, 0.3) is 0 Å². The monoisotopic (exact) mass is 221 g/mol. The van der Waals surface area contributed by atoms with Gasteiger partial charge in [0.2, 0.25) is 0 Å². The van der Waals surface area contributed by atoms with Crippen molar-refractivity contribution < 1.29 is 4.74 Å². The van der Waals surface area contributed by atoms with Crippen molar-refractivity contribution in [1.29, 1.82) is 0 Å². The molecule has 2 unspecified atom stereocenters. The summed E-state index contributed by atoms with van der Waals surface area (Å²) in [6.07, 6.45) is 4.45. The molecule has 2 nitrogen and oxygen atoms in total. The van der Waals surface area contributed by atoms with Gasteiger partial charge in [0, 0.05) is 11.9 Å². The summed E-state index contributed by atoms with van der Waals surface area (Å²) in [5.74, 6) is 0.546. The lowest BCUT2D eigenvalue weighted by Crippen LogP contribution is -2.06. The fraction of sp³-hybridized carbons (Fsp3) is 0.643. The van der Waals surface area contributed by atoms with Crippen LogP contribution in [0, 0.1) is 0 Å². The average Bonchev–Trinajstić information content (AvgIpc) is 2.35. The highest BCUT2D eigenvalue weighted by molar-refractivity contribution is 5.15. The second kappa shape index (κ2) is 6.64. The molecule has 1 heterocycles. The first-order chi connectivity index (χ1) is 7.67. The van der Waals surface area contributed by atoms with E-state index in [1.165, 1.54) is 5.69 Å². The van der Waals surface area contributed by atoms with E-state index in [2.05, 4.69) is 44.8 Å². The first-order valence-corrected chi connectivity index (χ1v) is 6.23. The summed E-state index contributed by atoms with van der Waals surface area (Å²) in [7, 11) is 0. The Kier molecular flexibility index (Phi) is 5.47. The maximum atomic E-state index is 5.66. The van der Waals surface area contributed by atoms with Crippen molar-refractivity contribution in [1.82, 2.24) is 4.98 Å². The summed E-state index contributed by atoms with van der Waals surface area (Å²) in [6, 6.07) is 4.24. The summed E-state index contributed by atoms with van der Waals surface area (Å²) in [5, 5.41) is 0. The van der Waals surface area contributed by atoms with Crippen LogP contribution in [0.2, 0.25) is 0 Å². The topological polar surface area (TPSA) is 22.1 Å². The van der Waals surface area contributed by atoms with E-state index in [0.29, 0.717) is 18.6 Å². The van der Waals surface area contributed by atoms with Gasteiger partial charge in [-0.05, 0) is 37.3 Å². The van der Waals surface area contributed by atoms with Gasteiger partial charge in [-0.15, -0.1) is 0 Å². The van der Waals surface area contributed by atoms with Crippen LogP contribution in [-0.2, 0) is 11.3 Å². The molecule has 0 saturated carbocycles. The largest absolute Gasteiger partial charge is 0.374 e. The van der Waals surface area contributed by atoms with Crippen LogP contribution < -0.4 is 0 Å². The standard InChI is InChI=1S/C14H23NO/c1-5-11(3)14-8-7-13(9-15-14)10-16-12(4)6-2/h7-9,11-12H,5-6,10H2,1-4H3. The summed E-state index contributed by atoms with van der Waals surface area (Å²) in [6.45, 7) is 9.29. The van der Waals surface area contributed by atoms with Gasteiger partial charge in [0.15, 0.2) is 0 Å². The molecule has 16 heavy (non-hydrogen) atoms. The number of ether oxygens (including phenoxy) is 1. The molecule has 2 atom stereocenters. The van der Waals surface area contributed by atoms with Crippen LogP contribution in [0.4, 0.5) is 0 Å². The van der Waals surface area contributed by atoms with Crippen LogP contribution in [0.15, 0.2) is 18.3 Å². The maximum Gasteiger partial charge on any atom is 0.0735 e. The minimum absolute atomic E-state index is 0.328. The maximum absolute atomic E-state index is 5.66. The van der Waals surface area contributed by atoms with Gasteiger partial charge in [0.05, 0.1) is 12.7 Å². The normalized spacial score (nSPS) is 14.8. The molecule has 1 aromatic rings. The molecule has 0 aromatic carbocycles. The fourth-order valence-electron chi connectivity index (χ4n) is 1.38. The van der Waals surface area contributed by atoms with Crippen molar-refractivity contribution in [3.63, 3.8) is 0 Å². The first-order valence-electron chi connectivity index (χ1n) is 6.23. The van der Waals surface area contributed by atoms with E-state index >= 15 is 0 Å². The lowest BCUT2D eigenvalue weighted by molar-refractivity contribution is 0.0507. The predicted octanol–water partition coefficient (Wildman–Crippen LogP) is 3.91. The highest BCUT2D eigenvalue weighted by Crippen LogP contribution is 2.16. The van der Waals surface area contributed by atoms with Gasteiger partial charge in [-0.25, -0.2) is 0 Å². The Bertz CT molecular complexity index is 294. The van der Waals surface area contributed by atoms with Crippen molar-refractivity contribution in [3.8, 4) is 0 Å². The van der Waals surface area contributed by atoms with Crippen LogP contribution in [0.3, 0.4) is 0 Å². The van der Waals surface area contributed by atoms with Crippen LogP contribution in [0.1, 0.15) is 57.7 Å². The molecule has 0 radical (unpaired) electrons. The number of aromatic nitrogens is 1. The number of nitrogens with zero attached hydrogens (tertiary/aromatic N) is 1. The summed E-state index contributed by atoms with van der Waals surface area (Å²) in [4.78, 5) is 4.47. The third kappa shape index (κ3) is 3.93. The molecule has 0 fully saturated rings. The molecule has 0 amide bonds. The highest BCUT2D eigenvalue weighted by Gasteiger charge is 2.04. The third-order valence-corrected chi connectivity index (χ3v) is 3.07. The predicted molar refractivity (Wildman–Crippen MR) is 67.5 cm³/mol. The van der Waals surface area contributed by atoms with Crippen LogP contribution in [-0.4, -0.2) is 11.1 Å². The molecule has 0 saturated heterocycles. The van der Waals surface area contributed by atoms with E-state index in [1.807, 2.05) is 6.20 Å². The second-order valence-corrected chi connectivity index (χ2v) is 4.43. The van der Waals surface area contributed by atoms with Crippen molar-refractivity contribution >= 4 is 0 Å². The van der Waals surface area contributed by atoms with Gasteiger partial charge >= 0.3 is 0 Å². The minimum Gasteiger partial charge on any atom is -0.374 e. The highest BCUT2D eigenvalue weighted by atomic mass is 16.5. The van der Waals surface area contributed by atoms with Crippen LogP contribution >= 0.6 is 0 Å². The van der Waals surface area contributed by atoms with E-state index < -0.39 is 0 Å². The average molecular weight is 221 g/mol. The Morgan fingerprint density at radius 2 is 1.94 bits per heavy atom. The first kappa shape index (κ1) is 13.2. The van der Waals surface area contributed by atoms with Gasteiger partial charge < -0.3 is 4.74 Å². The lowest BCUT2D eigenvalue weighted by atomic mass is 10.0. The second-order valence-electron chi connectivity index (χ2n) is 4.43. The van der Waals surface area contributed by atoms with Crippen LogP contribution in [0.25, 0.3) is 0 Å². The van der Waals surface area contributed by atoms with Gasteiger partial charge in [-0.3, -0.25) is 4.98 Å². The molecule has 0 aliphatic rings. The molecule has 0 N–H and O–H groups in total. The Labute approximate surface area is 99.0 Å².